The van der Waals surface area contributed by atoms with Gasteiger partial charge in [-0.05, 0) is 19.1 Å². The second kappa shape index (κ2) is 3.79. The number of benzene rings is 1. The molecule has 0 bridgehead atoms. The van der Waals surface area contributed by atoms with Crippen molar-refractivity contribution in [3.05, 3.63) is 29.3 Å². The van der Waals surface area contributed by atoms with E-state index in [9.17, 15) is 4.79 Å². The minimum Gasteiger partial charge on any atom is -0.290 e. The van der Waals surface area contributed by atoms with E-state index in [4.69, 9.17) is 5.26 Å². The van der Waals surface area contributed by atoms with Gasteiger partial charge in [0.1, 0.15) is 5.92 Å². The van der Waals surface area contributed by atoms with Gasteiger partial charge in [-0.2, -0.15) is 5.26 Å². The molecule has 2 aromatic rings. The maximum atomic E-state index is 11.7. The molecule has 1 heterocycles. The molecule has 0 spiro atoms. The van der Waals surface area contributed by atoms with Crippen molar-refractivity contribution in [2.45, 2.75) is 6.92 Å². The van der Waals surface area contributed by atoms with Gasteiger partial charge in [0.2, 0.25) is 5.78 Å². The van der Waals surface area contributed by atoms with Crippen molar-refractivity contribution in [2.75, 3.05) is 0 Å². The van der Waals surface area contributed by atoms with Gasteiger partial charge in [0.15, 0.2) is 5.01 Å². The molecule has 3 nitrogen and oxygen atoms in total. The lowest BCUT2D eigenvalue weighted by Gasteiger charge is -1.94. The summed E-state index contributed by atoms with van der Waals surface area (Å²) >= 11 is 1.34. The van der Waals surface area contributed by atoms with Crippen LogP contribution in [0.2, 0.25) is 0 Å². The van der Waals surface area contributed by atoms with Gasteiger partial charge in [-0.15, -0.1) is 11.3 Å². The molecule has 1 atom stereocenters. The molecular formula is C11H8N2OS. The third-order valence-corrected chi connectivity index (χ3v) is 3.14. The Morgan fingerprint density at radius 2 is 2.27 bits per heavy atom. The Morgan fingerprint density at radius 3 is 2.93 bits per heavy atom. The minimum atomic E-state index is -0.620. The molecular weight excluding hydrogens is 208 g/mol. The van der Waals surface area contributed by atoms with Crippen LogP contribution in [0.15, 0.2) is 24.3 Å². The lowest BCUT2D eigenvalue weighted by atomic mass is 10.1. The SMILES string of the molecule is CC(C#N)C(=O)c1nc2ccccc2s1. The second-order valence-corrected chi connectivity index (χ2v) is 4.23. The van der Waals surface area contributed by atoms with Crippen molar-refractivity contribution in [1.29, 1.82) is 5.26 Å². The fourth-order valence-electron chi connectivity index (χ4n) is 1.22. The molecule has 0 saturated carbocycles. The summed E-state index contributed by atoms with van der Waals surface area (Å²) in [7, 11) is 0. The summed E-state index contributed by atoms with van der Waals surface area (Å²) in [5.41, 5.74) is 0.816. The number of carbonyl (C=O) groups excluding carboxylic acids is 1. The summed E-state index contributed by atoms with van der Waals surface area (Å²) in [6.07, 6.45) is 0. The topological polar surface area (TPSA) is 53.8 Å². The highest BCUT2D eigenvalue weighted by Crippen LogP contribution is 2.23. The van der Waals surface area contributed by atoms with Crippen molar-refractivity contribution < 1.29 is 4.79 Å². The highest BCUT2D eigenvalue weighted by molar-refractivity contribution is 7.20. The van der Waals surface area contributed by atoms with Crippen LogP contribution >= 0.6 is 11.3 Å². The van der Waals surface area contributed by atoms with Crippen LogP contribution in [0.3, 0.4) is 0 Å². The van der Waals surface area contributed by atoms with E-state index in [1.165, 1.54) is 11.3 Å². The molecule has 4 heteroatoms. The molecule has 74 valence electrons. The number of nitriles is 1. The van der Waals surface area contributed by atoms with Crippen LogP contribution < -0.4 is 0 Å². The van der Waals surface area contributed by atoms with Gasteiger partial charge < -0.3 is 0 Å². The summed E-state index contributed by atoms with van der Waals surface area (Å²) in [6, 6.07) is 9.49. The molecule has 1 unspecified atom stereocenters. The van der Waals surface area contributed by atoms with E-state index in [1.54, 1.807) is 6.92 Å². The Kier molecular flexibility index (Phi) is 2.48. The maximum Gasteiger partial charge on any atom is 0.208 e. The lowest BCUT2D eigenvalue weighted by Crippen LogP contribution is -2.08. The van der Waals surface area contributed by atoms with Crippen molar-refractivity contribution in [1.82, 2.24) is 4.98 Å². The summed E-state index contributed by atoms with van der Waals surface area (Å²) in [5.74, 6) is -0.815. The molecule has 0 aliphatic rings. The van der Waals surface area contributed by atoms with Gasteiger partial charge in [0.25, 0.3) is 0 Å². The molecule has 0 radical (unpaired) electrons. The van der Waals surface area contributed by atoms with Crippen molar-refractivity contribution in [3.63, 3.8) is 0 Å². The first-order valence-electron chi connectivity index (χ1n) is 4.52. The third-order valence-electron chi connectivity index (χ3n) is 2.09. The minimum absolute atomic E-state index is 0.196. The number of aromatic nitrogens is 1. The number of ketones is 1. The molecule has 0 fully saturated rings. The summed E-state index contributed by atoms with van der Waals surface area (Å²) in [6.45, 7) is 1.59. The van der Waals surface area contributed by atoms with Crippen LogP contribution in [-0.4, -0.2) is 10.8 Å². The number of Topliss-reactive ketones (excluding diaryl/α,β-unsaturated/α-hetero) is 1. The number of para-hydroxylation sites is 1. The first-order chi connectivity index (χ1) is 7.22. The van der Waals surface area contributed by atoms with Gasteiger partial charge in [-0.1, -0.05) is 12.1 Å². The van der Waals surface area contributed by atoms with E-state index in [1.807, 2.05) is 30.3 Å². The quantitative estimate of drug-likeness (QED) is 0.725. The Hall–Kier alpha value is -1.73. The Labute approximate surface area is 91.0 Å². The molecule has 0 saturated heterocycles. The van der Waals surface area contributed by atoms with Crippen LogP contribution in [0.4, 0.5) is 0 Å². The van der Waals surface area contributed by atoms with E-state index >= 15 is 0 Å². The molecule has 2 rings (SSSR count). The summed E-state index contributed by atoms with van der Waals surface area (Å²) < 4.78 is 0.978. The average molecular weight is 216 g/mol. The van der Waals surface area contributed by atoms with Crippen molar-refractivity contribution >= 4 is 27.3 Å². The maximum absolute atomic E-state index is 11.7. The van der Waals surface area contributed by atoms with Crippen LogP contribution in [0.1, 0.15) is 16.7 Å². The smallest absolute Gasteiger partial charge is 0.208 e. The molecule has 0 amide bonds. The summed E-state index contributed by atoms with van der Waals surface area (Å²) in [5, 5.41) is 9.07. The molecule has 0 aliphatic carbocycles. The van der Waals surface area contributed by atoms with Gasteiger partial charge in [0, 0.05) is 0 Å². The van der Waals surface area contributed by atoms with Crippen LogP contribution in [0.5, 0.6) is 0 Å². The van der Waals surface area contributed by atoms with E-state index in [2.05, 4.69) is 4.98 Å². The largest absolute Gasteiger partial charge is 0.290 e. The standard InChI is InChI=1S/C11H8N2OS/c1-7(6-12)10(14)11-13-8-4-2-3-5-9(8)15-11/h2-5,7H,1H3. The summed E-state index contributed by atoms with van der Waals surface area (Å²) in [4.78, 5) is 15.9. The predicted octanol–water partition coefficient (Wildman–Crippen LogP) is 2.64. The molecule has 15 heavy (non-hydrogen) atoms. The fraction of sp³-hybridized carbons (Fsp3) is 0.182. The van der Waals surface area contributed by atoms with Gasteiger partial charge in [-0.3, -0.25) is 4.79 Å². The van der Waals surface area contributed by atoms with Gasteiger partial charge in [0.05, 0.1) is 16.3 Å². The second-order valence-electron chi connectivity index (χ2n) is 3.20. The van der Waals surface area contributed by atoms with E-state index < -0.39 is 5.92 Å². The molecule has 0 aliphatic heterocycles. The average Bonchev–Trinajstić information content (AvgIpc) is 2.70. The Bertz CT molecular complexity index is 520. The zero-order chi connectivity index (χ0) is 10.8. The van der Waals surface area contributed by atoms with Crippen LogP contribution in [0.25, 0.3) is 10.2 Å². The van der Waals surface area contributed by atoms with Crippen LogP contribution in [0, 0.1) is 17.2 Å². The molecule has 0 N–H and O–H groups in total. The van der Waals surface area contributed by atoms with E-state index in [0.29, 0.717) is 5.01 Å². The van der Waals surface area contributed by atoms with Crippen molar-refractivity contribution in [3.8, 4) is 6.07 Å². The number of fused-ring (bicyclic) bond motifs is 1. The lowest BCUT2D eigenvalue weighted by molar-refractivity contribution is 0.0956. The zero-order valence-electron chi connectivity index (χ0n) is 8.10. The number of nitrogens with zero attached hydrogens (tertiary/aromatic N) is 2. The van der Waals surface area contributed by atoms with E-state index in [-0.39, 0.29) is 5.78 Å². The first-order valence-corrected chi connectivity index (χ1v) is 5.33. The monoisotopic (exact) mass is 216 g/mol. The molecule has 1 aromatic heterocycles. The number of thiazole rings is 1. The number of rotatable bonds is 2. The fourth-order valence-corrected chi connectivity index (χ4v) is 2.22. The van der Waals surface area contributed by atoms with Crippen LogP contribution in [-0.2, 0) is 0 Å². The highest BCUT2D eigenvalue weighted by Gasteiger charge is 2.18. The number of hydrogen-bond acceptors (Lipinski definition) is 4. The van der Waals surface area contributed by atoms with Gasteiger partial charge >= 0.3 is 0 Å². The number of hydrogen-bond donors (Lipinski definition) is 0. The predicted molar refractivity (Wildman–Crippen MR) is 58.7 cm³/mol. The normalized spacial score (nSPS) is 12.3. The molecule has 1 aromatic carbocycles. The highest BCUT2D eigenvalue weighted by atomic mass is 32.1. The Balaban J connectivity index is 2.46. The van der Waals surface area contributed by atoms with Gasteiger partial charge in [-0.25, -0.2) is 4.98 Å². The first kappa shape index (κ1) is 9.81. The zero-order valence-corrected chi connectivity index (χ0v) is 8.91. The Morgan fingerprint density at radius 1 is 1.53 bits per heavy atom. The third kappa shape index (κ3) is 1.74. The van der Waals surface area contributed by atoms with Crippen molar-refractivity contribution in [2.24, 2.45) is 5.92 Å². The number of carbonyl (C=O) groups is 1. The van der Waals surface area contributed by atoms with E-state index in [0.717, 1.165) is 10.2 Å².